The highest BCUT2D eigenvalue weighted by molar-refractivity contribution is 8.01. The number of nitriles is 1. The molecule has 0 heterocycles. The number of rotatable bonds is 4. The molecule has 0 bridgehead atoms. The van der Waals surface area contributed by atoms with Crippen LogP contribution in [0.4, 0.5) is 0 Å². The molecular formula is C16H21NS. The second-order valence-electron chi connectivity index (χ2n) is 5.53. The van der Waals surface area contributed by atoms with Gasteiger partial charge in [0.1, 0.15) is 4.75 Å². The van der Waals surface area contributed by atoms with Gasteiger partial charge in [-0.2, -0.15) is 5.26 Å². The Balaban J connectivity index is 2.14. The Morgan fingerprint density at radius 3 is 2.33 bits per heavy atom. The fourth-order valence-electron chi connectivity index (χ4n) is 2.97. The normalized spacial score (nSPS) is 19.9. The zero-order valence-corrected chi connectivity index (χ0v) is 12.3. The lowest BCUT2D eigenvalue weighted by atomic mass is 9.59. The van der Waals surface area contributed by atoms with Gasteiger partial charge in [0.05, 0.1) is 6.07 Å². The van der Waals surface area contributed by atoms with Crippen molar-refractivity contribution in [1.29, 1.82) is 5.26 Å². The highest BCUT2D eigenvalue weighted by Crippen LogP contribution is 2.60. The largest absolute Gasteiger partial charge is 0.197 e. The Labute approximate surface area is 115 Å². The van der Waals surface area contributed by atoms with Gasteiger partial charge in [0.25, 0.3) is 0 Å². The summed E-state index contributed by atoms with van der Waals surface area (Å²) in [5, 5.41) is 9.54. The van der Waals surface area contributed by atoms with E-state index in [1.165, 1.54) is 23.3 Å². The molecule has 0 aromatic heterocycles. The molecule has 0 N–H and O–H groups in total. The number of thioether (sulfide) groups is 1. The van der Waals surface area contributed by atoms with Crippen LogP contribution in [0.15, 0.2) is 29.2 Å². The highest BCUT2D eigenvalue weighted by atomic mass is 32.2. The van der Waals surface area contributed by atoms with Gasteiger partial charge in [-0.1, -0.05) is 44.9 Å². The van der Waals surface area contributed by atoms with Crippen molar-refractivity contribution in [3.8, 4) is 6.07 Å². The van der Waals surface area contributed by atoms with Crippen LogP contribution in [0.5, 0.6) is 0 Å². The molecule has 0 atom stereocenters. The second kappa shape index (κ2) is 4.97. The molecule has 1 aliphatic carbocycles. The molecule has 1 aromatic carbocycles. The first kappa shape index (κ1) is 13.5. The number of hydrogen-bond acceptors (Lipinski definition) is 2. The van der Waals surface area contributed by atoms with Gasteiger partial charge in [-0.15, -0.1) is 11.8 Å². The number of nitrogens with zero attached hydrogens (tertiary/aromatic N) is 1. The predicted octanol–water partition coefficient (Wildman–Crippen LogP) is 4.95. The van der Waals surface area contributed by atoms with E-state index >= 15 is 0 Å². The minimum atomic E-state index is -0.182. The average Bonchev–Trinajstić information content (AvgIpc) is 2.36. The maximum atomic E-state index is 9.54. The van der Waals surface area contributed by atoms with Crippen LogP contribution in [-0.2, 0) is 0 Å². The summed E-state index contributed by atoms with van der Waals surface area (Å²) in [5.41, 5.74) is 1.70. The summed E-state index contributed by atoms with van der Waals surface area (Å²) in [6, 6.07) is 11.0. The zero-order valence-electron chi connectivity index (χ0n) is 11.5. The van der Waals surface area contributed by atoms with Gasteiger partial charge < -0.3 is 0 Å². The smallest absolute Gasteiger partial charge is 0.108 e. The summed E-state index contributed by atoms with van der Waals surface area (Å²) in [6.07, 6.45) is 4.48. The van der Waals surface area contributed by atoms with E-state index in [4.69, 9.17) is 0 Å². The standard InChI is InChI=1S/C16H21NS/c1-4-15(5-2)10-16(11-15,12-17)18-14-9-7-6-8-13(14)3/h6-9H,4-5,10-11H2,1-3H3. The third kappa shape index (κ3) is 2.29. The maximum Gasteiger partial charge on any atom is 0.108 e. The predicted molar refractivity (Wildman–Crippen MR) is 77.6 cm³/mol. The van der Waals surface area contributed by atoms with Gasteiger partial charge in [-0.3, -0.25) is 0 Å². The van der Waals surface area contributed by atoms with E-state index in [0.29, 0.717) is 5.41 Å². The maximum absolute atomic E-state index is 9.54. The molecule has 1 aromatic rings. The lowest BCUT2D eigenvalue weighted by molar-refractivity contribution is 0.0984. The topological polar surface area (TPSA) is 23.8 Å². The van der Waals surface area contributed by atoms with Gasteiger partial charge in [-0.25, -0.2) is 0 Å². The molecule has 0 radical (unpaired) electrons. The summed E-state index contributed by atoms with van der Waals surface area (Å²) >= 11 is 1.78. The Morgan fingerprint density at radius 2 is 1.83 bits per heavy atom. The second-order valence-corrected chi connectivity index (χ2v) is 6.96. The molecule has 0 aliphatic heterocycles. The molecule has 1 saturated carbocycles. The van der Waals surface area contributed by atoms with Crippen molar-refractivity contribution < 1.29 is 0 Å². The number of aryl methyl sites for hydroxylation is 1. The summed E-state index contributed by atoms with van der Waals surface area (Å²) in [4.78, 5) is 1.26. The van der Waals surface area contributed by atoms with Crippen LogP contribution in [0.25, 0.3) is 0 Å². The third-order valence-electron chi connectivity index (χ3n) is 4.42. The molecular weight excluding hydrogens is 238 g/mol. The molecule has 0 saturated heterocycles. The van der Waals surface area contributed by atoms with Crippen LogP contribution in [0, 0.1) is 23.7 Å². The van der Waals surface area contributed by atoms with E-state index in [1.54, 1.807) is 11.8 Å². The Hall–Kier alpha value is -0.940. The zero-order chi connectivity index (χ0) is 13.2. The monoisotopic (exact) mass is 259 g/mol. The van der Waals surface area contributed by atoms with Gasteiger partial charge in [-0.05, 0) is 36.8 Å². The van der Waals surface area contributed by atoms with E-state index in [9.17, 15) is 5.26 Å². The fraction of sp³-hybridized carbons (Fsp3) is 0.562. The summed E-state index contributed by atoms with van der Waals surface area (Å²) < 4.78 is -0.182. The van der Waals surface area contributed by atoms with Crippen molar-refractivity contribution in [1.82, 2.24) is 0 Å². The minimum absolute atomic E-state index is 0.182. The first-order valence-electron chi connectivity index (χ1n) is 6.74. The molecule has 0 unspecified atom stereocenters. The van der Waals surface area contributed by atoms with Crippen molar-refractivity contribution >= 4 is 11.8 Å². The van der Waals surface area contributed by atoms with Crippen LogP contribution >= 0.6 is 11.8 Å². The van der Waals surface area contributed by atoms with Gasteiger partial charge in [0.15, 0.2) is 0 Å². The SMILES string of the molecule is CCC1(CC)CC(C#N)(Sc2ccccc2C)C1. The lowest BCUT2D eigenvalue weighted by Crippen LogP contribution is -2.48. The molecule has 0 spiro atoms. The van der Waals surface area contributed by atoms with Crippen LogP contribution in [0.2, 0.25) is 0 Å². The van der Waals surface area contributed by atoms with Crippen LogP contribution in [-0.4, -0.2) is 4.75 Å². The van der Waals surface area contributed by atoms with Crippen molar-refractivity contribution in [2.75, 3.05) is 0 Å². The summed E-state index contributed by atoms with van der Waals surface area (Å²) in [7, 11) is 0. The molecule has 2 rings (SSSR count). The van der Waals surface area contributed by atoms with Crippen molar-refractivity contribution in [3.05, 3.63) is 29.8 Å². The fourth-order valence-corrected chi connectivity index (χ4v) is 4.56. The Morgan fingerprint density at radius 1 is 1.22 bits per heavy atom. The van der Waals surface area contributed by atoms with Gasteiger partial charge in [0, 0.05) is 4.90 Å². The van der Waals surface area contributed by atoms with E-state index in [0.717, 1.165) is 12.8 Å². The molecule has 1 fully saturated rings. The molecule has 18 heavy (non-hydrogen) atoms. The first-order chi connectivity index (χ1) is 8.59. The molecule has 1 nitrogen and oxygen atoms in total. The van der Waals surface area contributed by atoms with E-state index in [1.807, 2.05) is 0 Å². The van der Waals surface area contributed by atoms with Crippen molar-refractivity contribution in [2.24, 2.45) is 5.41 Å². The summed E-state index contributed by atoms with van der Waals surface area (Å²) in [6.45, 7) is 6.63. The summed E-state index contributed by atoms with van der Waals surface area (Å²) in [5.74, 6) is 0. The van der Waals surface area contributed by atoms with Crippen LogP contribution in [0.3, 0.4) is 0 Å². The molecule has 1 aliphatic rings. The number of hydrogen-bond donors (Lipinski definition) is 0. The van der Waals surface area contributed by atoms with Gasteiger partial charge in [0.2, 0.25) is 0 Å². The molecule has 0 amide bonds. The third-order valence-corrected chi connectivity index (χ3v) is 5.87. The van der Waals surface area contributed by atoms with E-state index in [-0.39, 0.29) is 4.75 Å². The lowest BCUT2D eigenvalue weighted by Gasteiger charge is -2.52. The Kier molecular flexibility index (Phi) is 3.73. The average molecular weight is 259 g/mol. The molecule has 96 valence electrons. The van der Waals surface area contributed by atoms with Crippen molar-refractivity contribution in [3.63, 3.8) is 0 Å². The van der Waals surface area contributed by atoms with Gasteiger partial charge >= 0.3 is 0 Å². The first-order valence-corrected chi connectivity index (χ1v) is 7.56. The van der Waals surface area contributed by atoms with E-state index in [2.05, 4.69) is 51.1 Å². The number of benzene rings is 1. The van der Waals surface area contributed by atoms with Crippen LogP contribution < -0.4 is 0 Å². The van der Waals surface area contributed by atoms with E-state index < -0.39 is 0 Å². The minimum Gasteiger partial charge on any atom is -0.197 e. The van der Waals surface area contributed by atoms with Crippen LogP contribution in [0.1, 0.15) is 45.1 Å². The van der Waals surface area contributed by atoms with Crippen molar-refractivity contribution in [2.45, 2.75) is 56.1 Å². The quantitative estimate of drug-likeness (QED) is 0.764. The Bertz CT molecular complexity index is 460. The highest BCUT2D eigenvalue weighted by Gasteiger charge is 2.53. The molecule has 2 heteroatoms.